The number of hydrogen-bond acceptors (Lipinski definition) is 5. The maximum Gasteiger partial charge on any atom is 0.341 e. The minimum atomic E-state index is -0.393. The van der Waals surface area contributed by atoms with Gasteiger partial charge in [0.05, 0.1) is 17.8 Å². The number of carbonyl (C=O) groups is 2. The molecule has 0 radical (unpaired) electrons. The molecular weight excluding hydrogens is 317 g/mol. The number of aromatic nitrogens is 1. The second kappa shape index (κ2) is 8.51. The Labute approximate surface area is 148 Å². The predicted molar refractivity (Wildman–Crippen MR) is 102 cm³/mol. The standard InChI is InChI=1S/C18H24BN3O3/c1-4-25-18(24)15-10-21-16-6-5-13(19)7-14(16)17(15)22-9-11(2)8-20-12(3)23/h5-7,10-11H,4,8-9,19H2,1-3H3,(H,20,23)(H,21,22). The maximum absolute atomic E-state index is 12.3. The number of benzene rings is 1. The number of pyridine rings is 1. The van der Waals surface area contributed by atoms with Crippen molar-refractivity contribution in [3.63, 3.8) is 0 Å². The van der Waals surface area contributed by atoms with Crippen LogP contribution in [0.25, 0.3) is 10.9 Å². The number of carbonyl (C=O) groups excluding carboxylic acids is 2. The number of nitrogens with one attached hydrogen (secondary N) is 2. The van der Waals surface area contributed by atoms with Gasteiger partial charge in [0.2, 0.25) is 5.91 Å². The predicted octanol–water partition coefficient (Wildman–Crippen LogP) is 0.854. The SMILES string of the molecule is Bc1ccc2ncc(C(=O)OCC)c(NCC(C)CNC(C)=O)c2c1. The van der Waals surface area contributed by atoms with Crippen molar-refractivity contribution in [3.05, 3.63) is 30.0 Å². The van der Waals surface area contributed by atoms with E-state index in [0.717, 1.165) is 22.1 Å². The van der Waals surface area contributed by atoms with Crippen LogP contribution in [0.1, 0.15) is 31.1 Å². The monoisotopic (exact) mass is 341 g/mol. The van der Waals surface area contributed by atoms with E-state index in [9.17, 15) is 9.59 Å². The number of fused-ring (bicyclic) bond motifs is 1. The smallest absolute Gasteiger partial charge is 0.341 e. The third-order valence-corrected chi connectivity index (χ3v) is 3.85. The molecule has 7 heteroatoms. The van der Waals surface area contributed by atoms with Crippen molar-refractivity contribution in [3.8, 4) is 0 Å². The Hall–Kier alpha value is -2.57. The second-order valence-electron chi connectivity index (χ2n) is 6.21. The topological polar surface area (TPSA) is 80.3 Å². The molecule has 0 bridgehead atoms. The maximum atomic E-state index is 12.3. The zero-order chi connectivity index (χ0) is 18.4. The molecule has 0 saturated heterocycles. The summed E-state index contributed by atoms with van der Waals surface area (Å²) in [4.78, 5) is 27.7. The van der Waals surface area contributed by atoms with Crippen molar-refractivity contribution in [2.24, 2.45) is 5.92 Å². The lowest BCUT2D eigenvalue weighted by atomic mass is 9.93. The number of amides is 1. The summed E-state index contributed by atoms with van der Waals surface area (Å²) in [7, 11) is 2.00. The number of rotatable bonds is 7. The molecule has 0 saturated carbocycles. The Morgan fingerprint density at radius 3 is 2.76 bits per heavy atom. The van der Waals surface area contributed by atoms with E-state index in [4.69, 9.17) is 4.74 Å². The molecule has 1 atom stereocenters. The Kier molecular flexibility index (Phi) is 6.39. The summed E-state index contributed by atoms with van der Waals surface area (Å²) in [5, 5.41) is 7.04. The van der Waals surface area contributed by atoms with Crippen LogP contribution in [0.4, 0.5) is 5.69 Å². The summed E-state index contributed by atoms with van der Waals surface area (Å²) in [6.45, 7) is 6.79. The molecule has 1 heterocycles. The minimum absolute atomic E-state index is 0.0518. The summed E-state index contributed by atoms with van der Waals surface area (Å²) in [5.74, 6) is -0.244. The summed E-state index contributed by atoms with van der Waals surface area (Å²) in [6.07, 6.45) is 1.55. The lowest BCUT2D eigenvalue weighted by Gasteiger charge is -2.18. The van der Waals surface area contributed by atoms with E-state index in [1.807, 2.05) is 33.0 Å². The normalized spacial score (nSPS) is 11.8. The van der Waals surface area contributed by atoms with Gasteiger partial charge >= 0.3 is 5.97 Å². The van der Waals surface area contributed by atoms with Gasteiger partial charge in [0.15, 0.2) is 0 Å². The highest BCUT2D eigenvalue weighted by atomic mass is 16.5. The van der Waals surface area contributed by atoms with Gasteiger partial charge in [-0.15, -0.1) is 0 Å². The van der Waals surface area contributed by atoms with Crippen molar-refractivity contribution in [2.45, 2.75) is 20.8 Å². The van der Waals surface area contributed by atoms with Gasteiger partial charge in [0.25, 0.3) is 0 Å². The van der Waals surface area contributed by atoms with Crippen LogP contribution < -0.4 is 16.1 Å². The molecular formula is C18H24BN3O3. The first-order valence-electron chi connectivity index (χ1n) is 8.47. The van der Waals surface area contributed by atoms with E-state index in [2.05, 4.69) is 15.6 Å². The van der Waals surface area contributed by atoms with Gasteiger partial charge in [-0.1, -0.05) is 24.5 Å². The highest BCUT2D eigenvalue weighted by Gasteiger charge is 2.17. The first-order valence-corrected chi connectivity index (χ1v) is 8.47. The van der Waals surface area contributed by atoms with Gasteiger partial charge in [-0.3, -0.25) is 9.78 Å². The fourth-order valence-electron chi connectivity index (χ4n) is 2.53. The zero-order valence-corrected chi connectivity index (χ0v) is 15.2. The van der Waals surface area contributed by atoms with Gasteiger partial charge in [-0.25, -0.2) is 4.79 Å². The molecule has 2 rings (SSSR count). The molecule has 0 aliphatic heterocycles. The van der Waals surface area contributed by atoms with Gasteiger partial charge in [0, 0.05) is 31.6 Å². The molecule has 25 heavy (non-hydrogen) atoms. The van der Waals surface area contributed by atoms with Gasteiger partial charge in [-0.2, -0.15) is 0 Å². The van der Waals surface area contributed by atoms with E-state index in [1.54, 1.807) is 13.1 Å². The number of nitrogens with zero attached hydrogens (tertiary/aromatic N) is 1. The van der Waals surface area contributed by atoms with Crippen molar-refractivity contribution in [1.29, 1.82) is 0 Å². The third-order valence-electron chi connectivity index (χ3n) is 3.85. The molecule has 0 fully saturated rings. The highest BCUT2D eigenvalue weighted by Crippen LogP contribution is 2.26. The lowest BCUT2D eigenvalue weighted by molar-refractivity contribution is -0.119. The third kappa shape index (κ3) is 4.95. The largest absolute Gasteiger partial charge is 0.462 e. The second-order valence-corrected chi connectivity index (χ2v) is 6.21. The molecule has 0 spiro atoms. The van der Waals surface area contributed by atoms with Crippen LogP contribution in [0.3, 0.4) is 0 Å². The molecule has 0 aliphatic carbocycles. The summed E-state index contributed by atoms with van der Waals surface area (Å²) in [5.41, 5.74) is 3.05. The molecule has 6 nitrogen and oxygen atoms in total. The fraction of sp³-hybridized carbons (Fsp3) is 0.389. The van der Waals surface area contributed by atoms with E-state index in [0.29, 0.717) is 25.3 Å². The number of anilines is 1. The van der Waals surface area contributed by atoms with Crippen LogP contribution >= 0.6 is 0 Å². The van der Waals surface area contributed by atoms with Crippen LogP contribution in [0.5, 0.6) is 0 Å². The quantitative estimate of drug-likeness (QED) is 0.577. The van der Waals surface area contributed by atoms with Crippen LogP contribution in [0.15, 0.2) is 24.4 Å². The highest BCUT2D eigenvalue weighted by molar-refractivity contribution is 6.33. The molecule has 1 aromatic carbocycles. The van der Waals surface area contributed by atoms with Crippen molar-refractivity contribution < 1.29 is 14.3 Å². The average Bonchev–Trinajstić information content (AvgIpc) is 2.57. The number of ether oxygens (including phenoxy) is 1. The van der Waals surface area contributed by atoms with E-state index in [1.165, 1.54) is 6.92 Å². The van der Waals surface area contributed by atoms with E-state index in [-0.39, 0.29) is 11.8 Å². The summed E-state index contributed by atoms with van der Waals surface area (Å²) < 4.78 is 5.16. The van der Waals surface area contributed by atoms with Crippen LogP contribution in [-0.2, 0) is 9.53 Å². The Morgan fingerprint density at radius 2 is 2.08 bits per heavy atom. The Balaban J connectivity index is 2.32. The molecule has 2 N–H and O–H groups in total. The van der Waals surface area contributed by atoms with Crippen LogP contribution in [-0.4, -0.2) is 44.4 Å². The molecule has 1 aromatic heterocycles. The first kappa shape index (κ1) is 18.8. The first-order chi connectivity index (χ1) is 11.9. The lowest BCUT2D eigenvalue weighted by Crippen LogP contribution is -2.29. The molecule has 0 aliphatic rings. The summed E-state index contributed by atoms with van der Waals surface area (Å²) >= 11 is 0. The molecule has 1 amide bonds. The zero-order valence-electron chi connectivity index (χ0n) is 15.2. The van der Waals surface area contributed by atoms with E-state index >= 15 is 0 Å². The van der Waals surface area contributed by atoms with Crippen molar-refractivity contribution in [1.82, 2.24) is 10.3 Å². The van der Waals surface area contributed by atoms with Gasteiger partial charge in [-0.05, 0) is 18.9 Å². The van der Waals surface area contributed by atoms with Crippen LogP contribution in [0, 0.1) is 5.92 Å². The van der Waals surface area contributed by atoms with Crippen molar-refractivity contribution in [2.75, 3.05) is 25.0 Å². The van der Waals surface area contributed by atoms with Crippen molar-refractivity contribution >= 4 is 41.8 Å². The molecule has 1 unspecified atom stereocenters. The average molecular weight is 341 g/mol. The van der Waals surface area contributed by atoms with E-state index < -0.39 is 5.97 Å². The Bertz CT molecular complexity index is 779. The number of hydrogen-bond donors (Lipinski definition) is 2. The van der Waals surface area contributed by atoms with Gasteiger partial charge < -0.3 is 15.4 Å². The minimum Gasteiger partial charge on any atom is -0.462 e. The Morgan fingerprint density at radius 1 is 1.32 bits per heavy atom. The summed E-state index contributed by atoms with van der Waals surface area (Å²) in [6, 6.07) is 5.93. The number of esters is 1. The molecule has 2 aromatic rings. The molecule has 132 valence electrons. The van der Waals surface area contributed by atoms with Gasteiger partial charge in [0.1, 0.15) is 13.4 Å². The van der Waals surface area contributed by atoms with Crippen LogP contribution in [0.2, 0.25) is 0 Å². The fourth-order valence-corrected chi connectivity index (χ4v) is 2.53.